The molecule has 0 spiro atoms. The Balaban J connectivity index is 2.53. The van der Waals surface area contributed by atoms with E-state index < -0.39 is 0 Å². The highest BCUT2D eigenvalue weighted by molar-refractivity contribution is 6.22. The van der Waals surface area contributed by atoms with E-state index in [1.54, 1.807) is 0 Å². The van der Waals surface area contributed by atoms with Crippen LogP contribution in [0.2, 0.25) is 0 Å². The van der Waals surface area contributed by atoms with Crippen molar-refractivity contribution >= 4 is 27.3 Å². The predicted molar refractivity (Wildman–Crippen MR) is 79.5 cm³/mol. The van der Waals surface area contributed by atoms with Crippen molar-refractivity contribution in [1.29, 1.82) is 0 Å². The molecular weight excluding hydrogens is 232 g/mol. The average molecular weight is 244 g/mol. The highest BCUT2D eigenvalue weighted by atomic mass is 16.1. The lowest BCUT2D eigenvalue weighted by Crippen LogP contribution is -1.97. The first kappa shape index (κ1) is 11.5. The molecule has 0 saturated carbocycles. The summed E-state index contributed by atoms with van der Waals surface area (Å²) in [7, 11) is 0. The van der Waals surface area contributed by atoms with E-state index in [1.807, 2.05) is 48.5 Å². The van der Waals surface area contributed by atoms with E-state index in [0.29, 0.717) is 0 Å². The summed E-state index contributed by atoms with van der Waals surface area (Å²) in [5.74, 6) is -0.0528. The van der Waals surface area contributed by atoms with E-state index in [0.717, 1.165) is 27.1 Å². The molecule has 0 fully saturated rings. The Hall–Kier alpha value is -2.63. The van der Waals surface area contributed by atoms with Crippen molar-refractivity contribution in [2.24, 2.45) is 0 Å². The number of allylic oxidation sites excluding steroid dienone is 1. The Kier molecular flexibility index (Phi) is 2.75. The number of carbonyl (C=O) groups is 1. The van der Waals surface area contributed by atoms with E-state index in [9.17, 15) is 4.79 Å². The minimum Gasteiger partial charge on any atom is -0.289 e. The van der Waals surface area contributed by atoms with Crippen molar-refractivity contribution < 1.29 is 4.79 Å². The van der Waals surface area contributed by atoms with Crippen LogP contribution in [0, 0.1) is 0 Å². The number of hydrogen-bond acceptors (Lipinski definition) is 1. The van der Waals surface area contributed by atoms with Gasteiger partial charge in [0.2, 0.25) is 0 Å². The molecular formula is C18H12O. The molecule has 3 rings (SSSR count). The average Bonchev–Trinajstić information content (AvgIpc) is 2.44. The minimum atomic E-state index is -0.0528. The van der Waals surface area contributed by atoms with Crippen LogP contribution in [0.5, 0.6) is 0 Å². The summed E-state index contributed by atoms with van der Waals surface area (Å²) in [5, 5.41) is 4.08. The van der Waals surface area contributed by atoms with Crippen LogP contribution in [-0.4, -0.2) is 5.78 Å². The molecule has 0 heterocycles. The van der Waals surface area contributed by atoms with Crippen LogP contribution >= 0.6 is 0 Å². The Bertz CT molecular complexity index is 783. The molecule has 0 N–H and O–H groups in total. The van der Waals surface area contributed by atoms with Crippen LogP contribution in [0.25, 0.3) is 21.5 Å². The summed E-state index contributed by atoms with van der Waals surface area (Å²) in [5.41, 5.74) is 3.30. The molecule has 0 atom stereocenters. The highest BCUT2D eigenvalue weighted by Crippen LogP contribution is 2.28. The molecule has 0 aromatic heterocycles. The van der Waals surface area contributed by atoms with Gasteiger partial charge in [-0.05, 0) is 27.6 Å². The first-order chi connectivity index (χ1) is 9.31. The summed E-state index contributed by atoms with van der Waals surface area (Å²) in [6, 6.07) is 18.0. The monoisotopic (exact) mass is 244 g/mol. The second-order valence-corrected chi connectivity index (χ2v) is 4.41. The first-order valence-electron chi connectivity index (χ1n) is 6.12. The SMILES string of the molecule is C=C=CC(=O)c1c2ccccc2cc2ccccc12. The molecule has 19 heavy (non-hydrogen) atoms. The lowest BCUT2D eigenvalue weighted by molar-refractivity contribution is 0.105. The van der Waals surface area contributed by atoms with Gasteiger partial charge in [-0.2, -0.15) is 0 Å². The molecule has 0 aliphatic carbocycles. The van der Waals surface area contributed by atoms with Gasteiger partial charge in [-0.15, -0.1) is 5.73 Å². The van der Waals surface area contributed by atoms with Crippen molar-refractivity contribution in [2.45, 2.75) is 0 Å². The van der Waals surface area contributed by atoms with Crippen molar-refractivity contribution in [3.8, 4) is 0 Å². The van der Waals surface area contributed by atoms with E-state index in [4.69, 9.17) is 0 Å². The molecule has 0 amide bonds. The molecule has 0 aliphatic rings. The fourth-order valence-electron chi connectivity index (χ4n) is 2.44. The summed E-state index contributed by atoms with van der Waals surface area (Å²) < 4.78 is 0. The topological polar surface area (TPSA) is 17.1 Å². The molecule has 1 nitrogen and oxygen atoms in total. The van der Waals surface area contributed by atoms with Crippen molar-refractivity contribution in [3.05, 3.63) is 78.5 Å². The molecule has 90 valence electrons. The van der Waals surface area contributed by atoms with Gasteiger partial charge in [0.25, 0.3) is 0 Å². The van der Waals surface area contributed by atoms with Gasteiger partial charge in [0.05, 0.1) is 0 Å². The van der Waals surface area contributed by atoms with E-state index in [1.165, 1.54) is 6.08 Å². The molecule has 0 radical (unpaired) electrons. The van der Waals surface area contributed by atoms with Crippen LogP contribution in [0.4, 0.5) is 0 Å². The fraction of sp³-hybridized carbons (Fsp3) is 0. The van der Waals surface area contributed by atoms with Crippen LogP contribution in [0.3, 0.4) is 0 Å². The number of carbonyl (C=O) groups excluding carboxylic acids is 1. The predicted octanol–water partition coefficient (Wildman–Crippen LogP) is 4.52. The smallest absolute Gasteiger partial charge is 0.194 e. The molecule has 0 bridgehead atoms. The zero-order valence-corrected chi connectivity index (χ0v) is 10.4. The van der Waals surface area contributed by atoms with Gasteiger partial charge in [0.15, 0.2) is 5.78 Å². The van der Waals surface area contributed by atoms with Gasteiger partial charge in [-0.1, -0.05) is 55.1 Å². The second-order valence-electron chi connectivity index (χ2n) is 4.41. The molecule has 3 aromatic carbocycles. The quantitative estimate of drug-likeness (QED) is 0.280. The lowest BCUT2D eigenvalue weighted by Gasteiger charge is -2.08. The lowest BCUT2D eigenvalue weighted by atomic mass is 9.94. The maximum absolute atomic E-state index is 12.3. The fourth-order valence-corrected chi connectivity index (χ4v) is 2.44. The Labute approximate surface area is 111 Å². The number of ketones is 1. The van der Waals surface area contributed by atoms with E-state index in [-0.39, 0.29) is 5.78 Å². The Morgan fingerprint density at radius 3 is 2.00 bits per heavy atom. The maximum Gasteiger partial charge on any atom is 0.194 e. The van der Waals surface area contributed by atoms with Gasteiger partial charge in [0.1, 0.15) is 0 Å². The van der Waals surface area contributed by atoms with E-state index in [2.05, 4.69) is 18.4 Å². The summed E-state index contributed by atoms with van der Waals surface area (Å²) >= 11 is 0. The Morgan fingerprint density at radius 2 is 1.47 bits per heavy atom. The maximum atomic E-state index is 12.3. The Morgan fingerprint density at radius 1 is 0.947 bits per heavy atom. The molecule has 0 unspecified atom stereocenters. The molecule has 0 saturated heterocycles. The minimum absolute atomic E-state index is 0.0528. The number of rotatable bonds is 2. The van der Waals surface area contributed by atoms with Crippen LogP contribution in [0.1, 0.15) is 10.4 Å². The molecule has 0 aliphatic heterocycles. The standard InChI is InChI=1S/C18H12O/c1-2-7-17(19)18-15-10-5-3-8-13(15)12-14-9-4-6-11-16(14)18/h3-12H,1H2. The number of fused-ring (bicyclic) bond motifs is 2. The van der Waals surface area contributed by atoms with Crippen molar-refractivity contribution in [3.63, 3.8) is 0 Å². The van der Waals surface area contributed by atoms with Crippen LogP contribution < -0.4 is 0 Å². The van der Waals surface area contributed by atoms with Gasteiger partial charge < -0.3 is 0 Å². The third-order valence-electron chi connectivity index (χ3n) is 3.25. The molecule has 3 aromatic rings. The van der Waals surface area contributed by atoms with E-state index >= 15 is 0 Å². The van der Waals surface area contributed by atoms with Crippen molar-refractivity contribution in [2.75, 3.05) is 0 Å². The number of benzene rings is 3. The van der Waals surface area contributed by atoms with Crippen LogP contribution in [-0.2, 0) is 0 Å². The zero-order valence-electron chi connectivity index (χ0n) is 10.4. The van der Waals surface area contributed by atoms with Gasteiger partial charge in [-0.25, -0.2) is 0 Å². The third kappa shape index (κ3) is 1.87. The first-order valence-corrected chi connectivity index (χ1v) is 6.12. The molecule has 1 heteroatoms. The van der Waals surface area contributed by atoms with Gasteiger partial charge in [0, 0.05) is 11.6 Å². The summed E-state index contributed by atoms with van der Waals surface area (Å²) in [4.78, 5) is 12.3. The van der Waals surface area contributed by atoms with Crippen molar-refractivity contribution in [1.82, 2.24) is 0 Å². The normalized spacial score (nSPS) is 10.3. The second kappa shape index (κ2) is 4.56. The van der Waals surface area contributed by atoms with Gasteiger partial charge >= 0.3 is 0 Å². The largest absolute Gasteiger partial charge is 0.289 e. The van der Waals surface area contributed by atoms with Gasteiger partial charge in [-0.3, -0.25) is 4.79 Å². The summed E-state index contributed by atoms with van der Waals surface area (Å²) in [6.45, 7) is 3.48. The number of hydrogen-bond donors (Lipinski definition) is 0. The highest BCUT2D eigenvalue weighted by Gasteiger charge is 2.12. The van der Waals surface area contributed by atoms with Crippen LogP contribution in [0.15, 0.2) is 73.0 Å². The zero-order chi connectivity index (χ0) is 13.2. The summed E-state index contributed by atoms with van der Waals surface area (Å²) in [6.07, 6.45) is 1.40. The third-order valence-corrected chi connectivity index (χ3v) is 3.25.